The maximum atomic E-state index is 12.1. The van der Waals surface area contributed by atoms with E-state index in [2.05, 4.69) is 37.2 Å². The molecule has 0 aliphatic rings. The Bertz CT molecular complexity index is 1060. The van der Waals surface area contributed by atoms with Crippen molar-refractivity contribution < 1.29 is 18.7 Å². The molecule has 1 heterocycles. The van der Waals surface area contributed by atoms with E-state index in [4.69, 9.17) is 9.15 Å². The first-order valence-electron chi connectivity index (χ1n) is 7.39. The molecule has 0 bridgehead atoms. The number of nitrogens with one attached hydrogen (secondary N) is 1. The summed E-state index contributed by atoms with van der Waals surface area (Å²) < 4.78 is 11.5. The Morgan fingerprint density at radius 2 is 1.85 bits per heavy atom. The summed E-state index contributed by atoms with van der Waals surface area (Å²) >= 11 is 6.63. The Balaban J connectivity index is 1.67. The number of para-hydroxylation sites is 1. The normalized spacial score (nSPS) is 10.5. The van der Waals surface area contributed by atoms with Crippen LogP contribution in [0.5, 0.6) is 0 Å². The van der Waals surface area contributed by atoms with Gasteiger partial charge in [-0.15, -0.1) is 0 Å². The number of fused-ring (bicyclic) bond motifs is 1. The van der Waals surface area contributed by atoms with Crippen molar-refractivity contribution in [3.8, 4) is 0 Å². The van der Waals surface area contributed by atoms with E-state index < -0.39 is 24.1 Å². The highest BCUT2D eigenvalue weighted by molar-refractivity contribution is 9.11. The van der Waals surface area contributed by atoms with Crippen molar-refractivity contribution in [2.45, 2.75) is 0 Å². The molecule has 0 aliphatic heterocycles. The van der Waals surface area contributed by atoms with Crippen LogP contribution in [0.2, 0.25) is 0 Å². The van der Waals surface area contributed by atoms with E-state index in [1.165, 1.54) is 6.07 Å². The van der Waals surface area contributed by atoms with Gasteiger partial charge in [-0.05, 0) is 46.3 Å². The average molecular weight is 481 g/mol. The van der Waals surface area contributed by atoms with E-state index in [-0.39, 0.29) is 5.56 Å². The number of amides is 1. The van der Waals surface area contributed by atoms with E-state index in [0.717, 1.165) is 4.47 Å². The quantitative estimate of drug-likeness (QED) is 0.448. The Morgan fingerprint density at radius 3 is 2.62 bits per heavy atom. The third kappa shape index (κ3) is 4.20. The number of anilines is 1. The molecular formula is C18H11Br2NO5. The summed E-state index contributed by atoms with van der Waals surface area (Å²) in [6.07, 6.45) is 0. The second kappa shape index (κ2) is 7.84. The molecule has 3 aromatic rings. The van der Waals surface area contributed by atoms with Gasteiger partial charge >= 0.3 is 11.6 Å². The molecule has 0 aliphatic carbocycles. The lowest BCUT2D eigenvalue weighted by molar-refractivity contribution is -0.119. The lowest BCUT2D eigenvalue weighted by Crippen LogP contribution is -2.23. The van der Waals surface area contributed by atoms with Gasteiger partial charge in [0.1, 0.15) is 11.1 Å². The fraction of sp³-hybridized carbons (Fsp3) is 0.0556. The van der Waals surface area contributed by atoms with Crippen molar-refractivity contribution in [1.29, 1.82) is 0 Å². The summed E-state index contributed by atoms with van der Waals surface area (Å²) in [5.74, 6) is -1.46. The minimum absolute atomic E-state index is 0.263. The Labute approximate surface area is 164 Å². The van der Waals surface area contributed by atoms with Crippen LogP contribution in [0.3, 0.4) is 0 Å². The zero-order chi connectivity index (χ0) is 18.7. The van der Waals surface area contributed by atoms with E-state index in [9.17, 15) is 14.4 Å². The number of carbonyl (C=O) groups excluding carboxylic acids is 2. The summed E-state index contributed by atoms with van der Waals surface area (Å²) in [6, 6.07) is 13.4. The molecule has 6 nitrogen and oxygen atoms in total. The van der Waals surface area contributed by atoms with E-state index in [1.807, 2.05) is 0 Å². The molecule has 0 saturated carbocycles. The van der Waals surface area contributed by atoms with Crippen LogP contribution < -0.4 is 10.9 Å². The Morgan fingerprint density at radius 1 is 1.08 bits per heavy atom. The minimum atomic E-state index is -0.922. The van der Waals surface area contributed by atoms with Crippen LogP contribution in [0.1, 0.15) is 10.4 Å². The van der Waals surface area contributed by atoms with Crippen LogP contribution in [0.4, 0.5) is 5.69 Å². The van der Waals surface area contributed by atoms with Crippen LogP contribution >= 0.6 is 31.9 Å². The van der Waals surface area contributed by atoms with Crippen LogP contribution in [0, 0.1) is 0 Å². The molecular weight excluding hydrogens is 470 g/mol. The van der Waals surface area contributed by atoms with Gasteiger partial charge < -0.3 is 14.5 Å². The first-order valence-corrected chi connectivity index (χ1v) is 8.97. The zero-order valence-electron chi connectivity index (χ0n) is 13.1. The fourth-order valence-corrected chi connectivity index (χ4v) is 3.34. The summed E-state index contributed by atoms with van der Waals surface area (Å²) in [4.78, 5) is 36.0. The van der Waals surface area contributed by atoms with Crippen molar-refractivity contribution in [1.82, 2.24) is 0 Å². The van der Waals surface area contributed by atoms with Gasteiger partial charge in [-0.1, -0.05) is 34.1 Å². The summed E-state index contributed by atoms with van der Waals surface area (Å²) in [5, 5.41) is 3.19. The topological polar surface area (TPSA) is 85.6 Å². The Hall–Kier alpha value is -2.45. The number of hydrogen-bond donors (Lipinski definition) is 1. The third-order valence-electron chi connectivity index (χ3n) is 3.40. The fourth-order valence-electron chi connectivity index (χ4n) is 2.19. The average Bonchev–Trinajstić information content (AvgIpc) is 2.61. The molecule has 1 N–H and O–H groups in total. The number of halogens is 2. The van der Waals surface area contributed by atoms with Crippen molar-refractivity contribution >= 4 is 60.4 Å². The molecule has 0 radical (unpaired) electrons. The molecule has 132 valence electrons. The molecule has 0 fully saturated rings. The van der Waals surface area contributed by atoms with Gasteiger partial charge in [-0.25, -0.2) is 9.59 Å². The SMILES string of the molecule is O=C(COC(=O)c1cc2ccccc2oc1=O)Nc1ccc(Br)cc1Br. The molecule has 3 rings (SSSR count). The smallest absolute Gasteiger partial charge is 0.351 e. The molecule has 0 spiro atoms. The molecule has 0 atom stereocenters. The molecule has 8 heteroatoms. The van der Waals surface area contributed by atoms with Crippen molar-refractivity contribution in [2.24, 2.45) is 0 Å². The van der Waals surface area contributed by atoms with E-state index in [0.29, 0.717) is 21.1 Å². The zero-order valence-corrected chi connectivity index (χ0v) is 16.3. The number of ether oxygens (including phenoxy) is 1. The largest absolute Gasteiger partial charge is 0.452 e. The number of esters is 1. The van der Waals surface area contributed by atoms with E-state index >= 15 is 0 Å². The molecule has 0 unspecified atom stereocenters. The second-order valence-electron chi connectivity index (χ2n) is 5.23. The minimum Gasteiger partial charge on any atom is -0.452 e. The Kier molecular flexibility index (Phi) is 5.53. The van der Waals surface area contributed by atoms with Crippen LogP contribution in [-0.4, -0.2) is 18.5 Å². The highest BCUT2D eigenvalue weighted by Gasteiger charge is 2.17. The summed E-state index contributed by atoms with van der Waals surface area (Å²) in [7, 11) is 0. The van der Waals surface area contributed by atoms with Crippen molar-refractivity contribution in [3.05, 3.63) is 73.5 Å². The lowest BCUT2D eigenvalue weighted by Gasteiger charge is -2.08. The van der Waals surface area contributed by atoms with Gasteiger partial charge in [0.25, 0.3) is 5.91 Å². The predicted octanol–water partition coefficient (Wildman–Crippen LogP) is 4.11. The van der Waals surface area contributed by atoms with Crippen LogP contribution in [-0.2, 0) is 9.53 Å². The molecule has 2 aromatic carbocycles. The first kappa shape index (κ1) is 18.3. The van der Waals surface area contributed by atoms with Gasteiger partial charge in [0.2, 0.25) is 0 Å². The highest BCUT2D eigenvalue weighted by atomic mass is 79.9. The maximum Gasteiger partial charge on any atom is 0.351 e. The maximum absolute atomic E-state index is 12.1. The third-order valence-corrected chi connectivity index (χ3v) is 4.55. The molecule has 1 aromatic heterocycles. The number of rotatable bonds is 4. The van der Waals surface area contributed by atoms with Gasteiger partial charge in [-0.2, -0.15) is 0 Å². The summed E-state index contributed by atoms with van der Waals surface area (Å²) in [5.41, 5.74) is -0.183. The second-order valence-corrected chi connectivity index (χ2v) is 7.00. The van der Waals surface area contributed by atoms with E-state index in [1.54, 1.807) is 42.5 Å². The van der Waals surface area contributed by atoms with Gasteiger partial charge in [-0.3, -0.25) is 4.79 Å². The monoisotopic (exact) mass is 479 g/mol. The highest BCUT2D eigenvalue weighted by Crippen LogP contribution is 2.26. The van der Waals surface area contributed by atoms with Crippen LogP contribution in [0.15, 0.2) is 66.7 Å². The molecule has 1 amide bonds. The van der Waals surface area contributed by atoms with Gasteiger partial charge in [0.05, 0.1) is 5.69 Å². The van der Waals surface area contributed by atoms with Gasteiger partial charge in [0.15, 0.2) is 6.61 Å². The predicted molar refractivity (Wildman–Crippen MR) is 103 cm³/mol. The van der Waals surface area contributed by atoms with Crippen molar-refractivity contribution in [3.63, 3.8) is 0 Å². The number of carbonyl (C=O) groups is 2. The van der Waals surface area contributed by atoms with Crippen molar-refractivity contribution in [2.75, 3.05) is 11.9 Å². The standard InChI is InChI=1S/C18H11Br2NO5/c19-11-5-6-14(13(20)8-11)21-16(22)9-25-17(23)12-7-10-3-1-2-4-15(10)26-18(12)24/h1-8H,9H2,(H,21,22). The summed E-state index contributed by atoms with van der Waals surface area (Å²) in [6.45, 7) is -0.534. The van der Waals surface area contributed by atoms with Gasteiger partial charge in [0, 0.05) is 14.3 Å². The molecule has 0 saturated heterocycles. The first-order chi connectivity index (χ1) is 12.4. The van der Waals surface area contributed by atoms with Crippen LogP contribution in [0.25, 0.3) is 11.0 Å². The lowest BCUT2D eigenvalue weighted by atomic mass is 10.2. The molecule has 26 heavy (non-hydrogen) atoms. The number of benzene rings is 2. The number of hydrogen-bond acceptors (Lipinski definition) is 5.